The molecular formula is C48H56OSi. The van der Waals surface area contributed by atoms with Crippen LogP contribution >= 0.6 is 0 Å². The first-order chi connectivity index (χ1) is 23.4. The van der Waals surface area contributed by atoms with Gasteiger partial charge < -0.3 is 4.74 Å². The highest BCUT2D eigenvalue weighted by Gasteiger charge is 2.44. The quantitative estimate of drug-likeness (QED) is 0.123. The Balaban J connectivity index is 1.59. The molecule has 0 radical (unpaired) electrons. The minimum absolute atomic E-state index is 0.0566. The van der Waals surface area contributed by atoms with Gasteiger partial charge in [0.25, 0.3) is 0 Å². The molecule has 0 spiro atoms. The summed E-state index contributed by atoms with van der Waals surface area (Å²) in [5.74, 6) is 1.05. The molecule has 0 heterocycles. The summed E-state index contributed by atoms with van der Waals surface area (Å²) in [6.07, 6.45) is 1.87. The molecule has 0 N–H and O–H groups in total. The summed E-state index contributed by atoms with van der Waals surface area (Å²) >= 11 is 0. The molecule has 0 saturated carbocycles. The van der Waals surface area contributed by atoms with Crippen molar-refractivity contribution in [3.63, 3.8) is 0 Å². The molecule has 0 fully saturated rings. The van der Waals surface area contributed by atoms with Crippen molar-refractivity contribution in [2.24, 2.45) is 0 Å². The van der Waals surface area contributed by atoms with E-state index >= 15 is 0 Å². The maximum atomic E-state index is 6.66. The predicted molar refractivity (Wildman–Crippen MR) is 220 cm³/mol. The summed E-state index contributed by atoms with van der Waals surface area (Å²) in [6, 6.07) is 39.6. The van der Waals surface area contributed by atoms with Crippen molar-refractivity contribution in [3.05, 3.63) is 144 Å². The molecule has 50 heavy (non-hydrogen) atoms. The highest BCUT2D eigenvalue weighted by Crippen LogP contribution is 2.52. The zero-order chi connectivity index (χ0) is 36.2. The minimum atomic E-state index is -2.34. The fourth-order valence-corrected chi connectivity index (χ4v) is 11.5. The van der Waals surface area contributed by atoms with Crippen LogP contribution in [0.25, 0.3) is 33.4 Å². The highest BCUT2D eigenvalue weighted by molar-refractivity contribution is 6.92. The average molecular weight is 677 g/mol. The summed E-state index contributed by atoms with van der Waals surface area (Å²) in [5.41, 5.74) is 15.0. The number of ether oxygens (including phenoxy) is 1. The van der Waals surface area contributed by atoms with Gasteiger partial charge in [-0.2, -0.15) is 0 Å². The van der Waals surface area contributed by atoms with Crippen LogP contribution < -0.4 is 9.92 Å². The maximum absolute atomic E-state index is 6.66. The van der Waals surface area contributed by atoms with Gasteiger partial charge in [-0.05, 0) is 82.6 Å². The van der Waals surface area contributed by atoms with E-state index in [1.165, 1.54) is 66.4 Å². The Morgan fingerprint density at radius 3 is 1.48 bits per heavy atom. The first-order valence-electron chi connectivity index (χ1n) is 18.3. The normalized spacial score (nSPS) is 13.6. The SMILES string of the molecule is C=CCOc1c(C(C)(C)C)cccc1[Si](C)(C)C1c2cc(-c3cccc(C(C)(C)C)c3)ccc2-c2ccc(-c3cccc(C(C)(C)C)c3)cc21. The second kappa shape index (κ2) is 12.9. The first kappa shape index (κ1) is 35.7. The maximum Gasteiger partial charge on any atom is 0.122 e. The summed E-state index contributed by atoms with van der Waals surface area (Å²) < 4.78 is 6.66. The van der Waals surface area contributed by atoms with Gasteiger partial charge in [0.05, 0.1) is 8.07 Å². The van der Waals surface area contributed by atoms with Crippen molar-refractivity contribution in [3.8, 4) is 39.1 Å². The van der Waals surface area contributed by atoms with Gasteiger partial charge in [0, 0.05) is 5.54 Å². The molecule has 6 rings (SSSR count). The summed E-state index contributed by atoms with van der Waals surface area (Å²) in [6.45, 7) is 30.2. The zero-order valence-electron chi connectivity index (χ0n) is 32.3. The molecule has 0 saturated heterocycles. The lowest BCUT2D eigenvalue weighted by molar-refractivity contribution is 0.354. The molecule has 1 aliphatic rings. The van der Waals surface area contributed by atoms with Crippen LogP contribution in [0.15, 0.2) is 116 Å². The Hall–Kier alpha value is -4.14. The molecule has 0 bridgehead atoms. The first-order valence-corrected chi connectivity index (χ1v) is 21.4. The van der Waals surface area contributed by atoms with Gasteiger partial charge in [-0.3, -0.25) is 0 Å². The number of para-hydroxylation sites is 1. The van der Waals surface area contributed by atoms with E-state index < -0.39 is 8.07 Å². The van der Waals surface area contributed by atoms with Crippen LogP contribution in [0.2, 0.25) is 13.1 Å². The molecule has 1 nitrogen and oxygen atoms in total. The molecule has 0 amide bonds. The molecule has 0 unspecified atom stereocenters. The highest BCUT2D eigenvalue weighted by atomic mass is 28.3. The topological polar surface area (TPSA) is 9.23 Å². The van der Waals surface area contributed by atoms with Gasteiger partial charge in [0.2, 0.25) is 0 Å². The van der Waals surface area contributed by atoms with Crippen molar-refractivity contribution in [1.29, 1.82) is 0 Å². The van der Waals surface area contributed by atoms with Gasteiger partial charge in [-0.15, -0.1) is 0 Å². The standard InChI is InChI=1S/C48H56OSi/c1-13-27-49-44-42(48(8,9)10)21-16-22-43(44)50(11,12)45-40-30-34(32-17-14-19-36(28-32)46(2,3)4)23-25-38(40)39-26-24-35(31-41(39)45)33-18-15-20-37(29-33)47(5,6)7/h13-26,28-31,45H,1,27H2,2-12H3. The second-order valence-electron chi connectivity index (χ2n) is 18.0. The Labute approximate surface area is 303 Å². The predicted octanol–water partition coefficient (Wildman–Crippen LogP) is 12.7. The lowest BCUT2D eigenvalue weighted by Crippen LogP contribution is -2.49. The number of hydrogen-bond donors (Lipinski definition) is 0. The Kier molecular flexibility index (Phi) is 9.19. The van der Waals surface area contributed by atoms with E-state index in [1.807, 2.05) is 6.08 Å². The summed E-state index contributed by atoms with van der Waals surface area (Å²) in [4.78, 5) is 0. The van der Waals surface area contributed by atoms with Crippen LogP contribution in [0, 0.1) is 0 Å². The average Bonchev–Trinajstić information content (AvgIpc) is 3.40. The third kappa shape index (κ3) is 6.67. The monoisotopic (exact) mass is 676 g/mol. The Bertz CT molecular complexity index is 1950. The van der Waals surface area contributed by atoms with Crippen molar-refractivity contribution in [2.75, 3.05) is 6.61 Å². The lowest BCUT2D eigenvalue weighted by atomic mass is 9.85. The summed E-state index contributed by atoms with van der Waals surface area (Å²) in [7, 11) is -2.34. The van der Waals surface area contributed by atoms with Crippen LogP contribution in [0.3, 0.4) is 0 Å². The fourth-order valence-electron chi connectivity index (χ4n) is 7.82. The lowest BCUT2D eigenvalue weighted by Gasteiger charge is -2.35. The van der Waals surface area contributed by atoms with Gasteiger partial charge in [0.1, 0.15) is 12.4 Å². The third-order valence-electron chi connectivity index (χ3n) is 10.7. The Morgan fingerprint density at radius 2 is 1.04 bits per heavy atom. The van der Waals surface area contributed by atoms with Crippen LogP contribution in [0.5, 0.6) is 5.75 Å². The van der Waals surface area contributed by atoms with E-state index in [1.54, 1.807) is 0 Å². The zero-order valence-corrected chi connectivity index (χ0v) is 33.3. The van der Waals surface area contributed by atoms with E-state index in [2.05, 4.69) is 185 Å². The number of rotatable bonds is 7. The molecule has 258 valence electrons. The van der Waals surface area contributed by atoms with Gasteiger partial charge in [-0.1, -0.05) is 191 Å². The van der Waals surface area contributed by atoms with E-state index in [-0.39, 0.29) is 21.8 Å². The smallest absolute Gasteiger partial charge is 0.122 e. The molecule has 0 aliphatic heterocycles. The third-order valence-corrected chi connectivity index (χ3v) is 14.6. The largest absolute Gasteiger partial charge is 0.489 e. The van der Waals surface area contributed by atoms with E-state index in [4.69, 9.17) is 4.74 Å². The van der Waals surface area contributed by atoms with Gasteiger partial charge >= 0.3 is 0 Å². The molecule has 1 aliphatic carbocycles. The minimum Gasteiger partial charge on any atom is -0.489 e. The molecule has 5 aromatic rings. The Morgan fingerprint density at radius 1 is 0.580 bits per heavy atom. The van der Waals surface area contributed by atoms with Crippen LogP contribution in [0.4, 0.5) is 0 Å². The van der Waals surface area contributed by atoms with Crippen LogP contribution in [-0.4, -0.2) is 14.7 Å². The van der Waals surface area contributed by atoms with Crippen LogP contribution in [-0.2, 0) is 16.2 Å². The molecule has 5 aromatic carbocycles. The molecule has 2 heteroatoms. The van der Waals surface area contributed by atoms with Crippen molar-refractivity contribution in [1.82, 2.24) is 0 Å². The molecular weight excluding hydrogens is 621 g/mol. The van der Waals surface area contributed by atoms with Crippen molar-refractivity contribution < 1.29 is 4.74 Å². The van der Waals surface area contributed by atoms with Gasteiger partial charge in [0.15, 0.2) is 0 Å². The molecule has 0 aromatic heterocycles. The van der Waals surface area contributed by atoms with Crippen molar-refractivity contribution in [2.45, 2.75) is 97.2 Å². The second-order valence-corrected chi connectivity index (χ2v) is 22.5. The number of hydrogen-bond acceptors (Lipinski definition) is 1. The summed E-state index contributed by atoms with van der Waals surface area (Å²) in [5, 5.41) is 1.37. The van der Waals surface area contributed by atoms with E-state index in [9.17, 15) is 0 Å². The molecule has 0 atom stereocenters. The fraction of sp³-hybridized carbons (Fsp3) is 0.333. The van der Waals surface area contributed by atoms with E-state index in [0.29, 0.717) is 6.61 Å². The number of fused-ring (bicyclic) bond motifs is 3. The number of benzene rings is 5. The van der Waals surface area contributed by atoms with Crippen molar-refractivity contribution >= 4 is 13.3 Å². The van der Waals surface area contributed by atoms with Gasteiger partial charge in [-0.25, -0.2) is 0 Å². The van der Waals surface area contributed by atoms with E-state index in [0.717, 1.165) is 5.75 Å². The van der Waals surface area contributed by atoms with Crippen LogP contribution in [0.1, 0.15) is 95.7 Å².